The lowest BCUT2D eigenvalue weighted by Gasteiger charge is -2.18. The molecule has 0 fully saturated rings. The zero-order valence-electron chi connectivity index (χ0n) is 12.4. The third kappa shape index (κ3) is 4.16. The van der Waals surface area contributed by atoms with Gasteiger partial charge < -0.3 is 10.4 Å². The summed E-state index contributed by atoms with van der Waals surface area (Å²) in [7, 11) is 0. The molecule has 2 aromatic rings. The Morgan fingerprint density at radius 3 is 2.48 bits per heavy atom. The number of nitrogens with one attached hydrogen (secondary N) is 1. The summed E-state index contributed by atoms with van der Waals surface area (Å²) in [5, 5.41) is 22.3. The predicted octanol–water partition coefficient (Wildman–Crippen LogP) is 3.25. The minimum atomic E-state index is -0.579. The highest BCUT2D eigenvalue weighted by Crippen LogP contribution is 2.17. The SMILES string of the molecule is Cc1cccc([C@@H](C)NCC(O)c2ccc(C#N)cc2)c1. The zero-order valence-corrected chi connectivity index (χ0v) is 12.4. The van der Waals surface area contributed by atoms with Crippen molar-refractivity contribution in [1.82, 2.24) is 5.32 Å². The van der Waals surface area contributed by atoms with E-state index in [2.05, 4.69) is 43.4 Å². The highest BCUT2D eigenvalue weighted by molar-refractivity contribution is 5.32. The number of benzene rings is 2. The van der Waals surface area contributed by atoms with E-state index in [1.165, 1.54) is 11.1 Å². The van der Waals surface area contributed by atoms with Gasteiger partial charge in [-0.15, -0.1) is 0 Å². The van der Waals surface area contributed by atoms with Crippen molar-refractivity contribution < 1.29 is 5.11 Å². The van der Waals surface area contributed by atoms with Crippen LogP contribution in [-0.4, -0.2) is 11.7 Å². The summed E-state index contributed by atoms with van der Waals surface area (Å²) in [5.41, 5.74) is 3.86. The number of nitrogens with zero attached hydrogens (tertiary/aromatic N) is 1. The van der Waals surface area contributed by atoms with Crippen molar-refractivity contribution in [3.63, 3.8) is 0 Å². The zero-order chi connectivity index (χ0) is 15.2. The molecule has 2 atom stereocenters. The Morgan fingerprint density at radius 2 is 1.86 bits per heavy atom. The van der Waals surface area contributed by atoms with Gasteiger partial charge in [0.2, 0.25) is 0 Å². The summed E-state index contributed by atoms with van der Waals surface area (Å²) in [4.78, 5) is 0. The quantitative estimate of drug-likeness (QED) is 0.884. The Morgan fingerprint density at radius 1 is 1.14 bits per heavy atom. The normalized spacial score (nSPS) is 13.4. The van der Waals surface area contributed by atoms with Crippen LogP contribution in [0.25, 0.3) is 0 Å². The number of rotatable bonds is 5. The summed E-state index contributed by atoms with van der Waals surface area (Å²) in [6.45, 7) is 4.63. The third-order valence-corrected chi connectivity index (χ3v) is 3.58. The molecule has 0 aliphatic heterocycles. The van der Waals surface area contributed by atoms with Crippen LogP contribution in [0.15, 0.2) is 48.5 Å². The van der Waals surface area contributed by atoms with Crippen molar-refractivity contribution in [2.45, 2.75) is 26.0 Å². The monoisotopic (exact) mass is 280 g/mol. The van der Waals surface area contributed by atoms with Gasteiger partial charge in [0.25, 0.3) is 0 Å². The van der Waals surface area contributed by atoms with Crippen LogP contribution in [0.1, 0.15) is 41.3 Å². The molecule has 0 amide bonds. The Balaban J connectivity index is 1.94. The molecule has 3 nitrogen and oxygen atoms in total. The maximum absolute atomic E-state index is 10.2. The molecule has 2 aromatic carbocycles. The molecule has 0 aliphatic rings. The maximum Gasteiger partial charge on any atom is 0.0991 e. The van der Waals surface area contributed by atoms with E-state index in [0.29, 0.717) is 12.1 Å². The smallest absolute Gasteiger partial charge is 0.0991 e. The number of hydrogen-bond acceptors (Lipinski definition) is 3. The van der Waals surface area contributed by atoms with Crippen LogP contribution < -0.4 is 5.32 Å². The van der Waals surface area contributed by atoms with Crippen molar-refractivity contribution in [3.05, 3.63) is 70.8 Å². The molecule has 0 aliphatic carbocycles. The molecule has 0 saturated carbocycles. The number of aliphatic hydroxyl groups excluding tert-OH is 1. The molecule has 0 saturated heterocycles. The van der Waals surface area contributed by atoms with E-state index in [0.717, 1.165) is 5.56 Å². The first-order valence-electron chi connectivity index (χ1n) is 7.08. The summed E-state index contributed by atoms with van der Waals surface area (Å²) < 4.78 is 0. The second-order valence-electron chi connectivity index (χ2n) is 5.29. The van der Waals surface area contributed by atoms with Crippen molar-refractivity contribution in [2.75, 3.05) is 6.54 Å². The fourth-order valence-electron chi connectivity index (χ4n) is 2.24. The molecular weight excluding hydrogens is 260 g/mol. The molecule has 2 rings (SSSR count). The maximum atomic E-state index is 10.2. The van der Waals surface area contributed by atoms with Crippen molar-refractivity contribution in [1.29, 1.82) is 5.26 Å². The topological polar surface area (TPSA) is 56.0 Å². The van der Waals surface area contributed by atoms with Crippen LogP contribution in [0.4, 0.5) is 0 Å². The predicted molar refractivity (Wildman–Crippen MR) is 83.7 cm³/mol. The first-order valence-corrected chi connectivity index (χ1v) is 7.08. The lowest BCUT2D eigenvalue weighted by atomic mass is 10.0. The van der Waals surface area contributed by atoms with Gasteiger partial charge in [-0.2, -0.15) is 5.26 Å². The van der Waals surface area contributed by atoms with E-state index >= 15 is 0 Å². The first kappa shape index (κ1) is 15.2. The first-order chi connectivity index (χ1) is 10.1. The summed E-state index contributed by atoms with van der Waals surface area (Å²) >= 11 is 0. The second kappa shape index (κ2) is 7.03. The lowest BCUT2D eigenvalue weighted by molar-refractivity contribution is 0.171. The molecular formula is C18H20N2O. The van der Waals surface area contributed by atoms with Gasteiger partial charge in [0, 0.05) is 12.6 Å². The molecule has 2 N–H and O–H groups in total. The Bertz CT molecular complexity index is 628. The minimum absolute atomic E-state index is 0.179. The Kier molecular flexibility index (Phi) is 5.10. The summed E-state index contributed by atoms with van der Waals surface area (Å²) in [5.74, 6) is 0. The third-order valence-electron chi connectivity index (χ3n) is 3.58. The Labute approximate surface area is 125 Å². The average Bonchev–Trinajstić information content (AvgIpc) is 2.52. The fourth-order valence-corrected chi connectivity index (χ4v) is 2.24. The number of aryl methyl sites for hydroxylation is 1. The molecule has 0 bridgehead atoms. The molecule has 1 unspecified atom stereocenters. The van der Waals surface area contributed by atoms with E-state index in [4.69, 9.17) is 5.26 Å². The van der Waals surface area contributed by atoms with Gasteiger partial charge in [-0.25, -0.2) is 0 Å². The number of nitriles is 1. The van der Waals surface area contributed by atoms with Gasteiger partial charge in [0.05, 0.1) is 17.7 Å². The van der Waals surface area contributed by atoms with Crippen LogP contribution in [0, 0.1) is 18.3 Å². The van der Waals surface area contributed by atoms with Crippen LogP contribution >= 0.6 is 0 Å². The molecule has 0 spiro atoms. The van der Waals surface area contributed by atoms with Crippen LogP contribution in [0.3, 0.4) is 0 Å². The van der Waals surface area contributed by atoms with Gasteiger partial charge >= 0.3 is 0 Å². The molecule has 0 aromatic heterocycles. The highest BCUT2D eigenvalue weighted by Gasteiger charge is 2.10. The average molecular weight is 280 g/mol. The standard InChI is InChI=1S/C18H20N2O/c1-13-4-3-5-17(10-13)14(2)20-12-18(21)16-8-6-15(11-19)7-9-16/h3-10,14,18,20-21H,12H2,1-2H3/t14-,18?/m1/s1. The molecule has 21 heavy (non-hydrogen) atoms. The fraction of sp³-hybridized carbons (Fsp3) is 0.278. The van der Waals surface area contributed by atoms with E-state index in [1.54, 1.807) is 24.3 Å². The van der Waals surface area contributed by atoms with E-state index in [1.807, 2.05) is 6.07 Å². The summed E-state index contributed by atoms with van der Waals surface area (Å²) in [6.07, 6.45) is -0.579. The van der Waals surface area contributed by atoms with Gasteiger partial charge in [-0.1, -0.05) is 42.0 Å². The largest absolute Gasteiger partial charge is 0.387 e. The lowest BCUT2D eigenvalue weighted by Crippen LogP contribution is -2.24. The van der Waals surface area contributed by atoms with Crippen LogP contribution in [-0.2, 0) is 0 Å². The van der Waals surface area contributed by atoms with Crippen molar-refractivity contribution in [2.24, 2.45) is 0 Å². The van der Waals surface area contributed by atoms with Gasteiger partial charge in [0.1, 0.15) is 0 Å². The van der Waals surface area contributed by atoms with Crippen LogP contribution in [0.2, 0.25) is 0 Å². The van der Waals surface area contributed by atoms with Crippen LogP contribution in [0.5, 0.6) is 0 Å². The van der Waals surface area contributed by atoms with Gasteiger partial charge in [0.15, 0.2) is 0 Å². The van der Waals surface area contributed by atoms with Crippen molar-refractivity contribution >= 4 is 0 Å². The molecule has 108 valence electrons. The number of aliphatic hydroxyl groups is 1. The number of hydrogen-bond donors (Lipinski definition) is 2. The van der Waals surface area contributed by atoms with Crippen molar-refractivity contribution in [3.8, 4) is 6.07 Å². The molecule has 3 heteroatoms. The minimum Gasteiger partial charge on any atom is -0.387 e. The Hall–Kier alpha value is -2.15. The van der Waals surface area contributed by atoms with E-state index in [9.17, 15) is 5.11 Å². The highest BCUT2D eigenvalue weighted by atomic mass is 16.3. The summed E-state index contributed by atoms with van der Waals surface area (Å²) in [6, 6.07) is 17.6. The van der Waals surface area contributed by atoms with Gasteiger partial charge in [-0.3, -0.25) is 0 Å². The molecule has 0 heterocycles. The van der Waals surface area contributed by atoms with E-state index < -0.39 is 6.10 Å². The second-order valence-corrected chi connectivity index (χ2v) is 5.29. The molecule has 0 radical (unpaired) electrons. The van der Waals surface area contributed by atoms with E-state index in [-0.39, 0.29) is 6.04 Å². The van der Waals surface area contributed by atoms with Gasteiger partial charge in [-0.05, 0) is 37.1 Å².